The molecule has 0 radical (unpaired) electrons. The fourth-order valence-corrected chi connectivity index (χ4v) is 4.89. The molecule has 0 amide bonds. The lowest BCUT2D eigenvalue weighted by molar-refractivity contribution is 0.474. The molecular weight excluding hydrogens is 412 g/mol. The summed E-state index contributed by atoms with van der Waals surface area (Å²) < 4.78 is 4.98. The van der Waals surface area contributed by atoms with E-state index in [1.165, 1.54) is 15.7 Å². The van der Waals surface area contributed by atoms with Crippen molar-refractivity contribution in [2.24, 2.45) is 0 Å². The van der Waals surface area contributed by atoms with E-state index in [9.17, 15) is 9.59 Å². The van der Waals surface area contributed by atoms with E-state index in [1.807, 2.05) is 28.8 Å². The lowest BCUT2D eigenvalue weighted by atomic mass is 10.0. The van der Waals surface area contributed by atoms with Gasteiger partial charge in [-0.2, -0.15) is 0 Å². The number of benzene rings is 2. The third-order valence-electron chi connectivity index (χ3n) is 6.83. The molecule has 1 aliphatic rings. The highest BCUT2D eigenvalue weighted by Crippen LogP contribution is 2.28. The first-order valence-corrected chi connectivity index (χ1v) is 11.8. The maximum Gasteiger partial charge on any atom is 0.337 e. The van der Waals surface area contributed by atoms with Crippen LogP contribution in [0.15, 0.2) is 64.4 Å². The summed E-state index contributed by atoms with van der Waals surface area (Å²) in [5.74, 6) is 0.400. The molecule has 2 aromatic heterocycles. The summed E-state index contributed by atoms with van der Waals surface area (Å²) in [5, 5.41) is 0. The Morgan fingerprint density at radius 3 is 2.27 bits per heavy atom. The molecule has 0 unspecified atom stereocenters. The van der Waals surface area contributed by atoms with Gasteiger partial charge in [0.05, 0.1) is 12.0 Å². The quantitative estimate of drug-likeness (QED) is 0.440. The zero-order valence-electron chi connectivity index (χ0n) is 19.5. The minimum atomic E-state index is -0.294. The van der Waals surface area contributed by atoms with E-state index in [0.717, 1.165) is 36.9 Å². The topological polar surface area (TPSA) is 61.8 Å². The minimum absolute atomic E-state index is 0.0571. The van der Waals surface area contributed by atoms with Crippen LogP contribution in [-0.2, 0) is 6.54 Å². The smallest absolute Gasteiger partial charge is 0.320 e. The summed E-state index contributed by atoms with van der Waals surface area (Å²) in [6, 6.07) is 16.2. The van der Waals surface area contributed by atoms with Crippen molar-refractivity contribution in [2.45, 2.75) is 65.0 Å². The molecule has 33 heavy (non-hydrogen) atoms. The predicted molar refractivity (Wildman–Crippen MR) is 131 cm³/mol. The van der Waals surface area contributed by atoms with E-state index >= 15 is 0 Å². The van der Waals surface area contributed by atoms with Gasteiger partial charge in [0.15, 0.2) is 11.2 Å². The van der Waals surface area contributed by atoms with Gasteiger partial charge in [-0.3, -0.25) is 9.36 Å². The number of nitrogens with zero attached hydrogens (tertiary/aromatic N) is 4. The van der Waals surface area contributed by atoms with Crippen molar-refractivity contribution in [3.63, 3.8) is 0 Å². The van der Waals surface area contributed by atoms with E-state index < -0.39 is 0 Å². The van der Waals surface area contributed by atoms with E-state index in [0.29, 0.717) is 23.6 Å². The van der Waals surface area contributed by atoms with Gasteiger partial charge in [-0.05, 0) is 48.9 Å². The average Bonchev–Trinajstić information content (AvgIpc) is 3.47. The van der Waals surface area contributed by atoms with Gasteiger partial charge in [-0.15, -0.1) is 0 Å². The Bertz CT molecular complexity index is 1400. The number of imidazole rings is 1. The molecule has 0 bridgehead atoms. The number of aromatic nitrogens is 4. The van der Waals surface area contributed by atoms with Gasteiger partial charge in [-0.25, -0.2) is 14.3 Å². The highest BCUT2D eigenvalue weighted by Gasteiger charge is 2.26. The van der Waals surface area contributed by atoms with Gasteiger partial charge in [0.1, 0.15) is 0 Å². The second-order valence-electron chi connectivity index (χ2n) is 9.51. The lowest BCUT2D eigenvalue weighted by Gasteiger charge is -2.17. The summed E-state index contributed by atoms with van der Waals surface area (Å²) >= 11 is 0. The van der Waals surface area contributed by atoms with Gasteiger partial charge in [-0.1, -0.05) is 68.7 Å². The molecular formula is C27H30N4O2. The Morgan fingerprint density at radius 1 is 0.970 bits per heavy atom. The highest BCUT2D eigenvalue weighted by molar-refractivity contribution is 5.72. The van der Waals surface area contributed by atoms with E-state index in [1.54, 1.807) is 10.9 Å². The average molecular weight is 443 g/mol. The molecule has 0 N–H and O–H groups in total. The van der Waals surface area contributed by atoms with Crippen LogP contribution in [0, 0.1) is 6.92 Å². The van der Waals surface area contributed by atoms with Crippen LogP contribution in [0.2, 0.25) is 0 Å². The summed E-state index contributed by atoms with van der Waals surface area (Å²) in [6.07, 6.45) is 5.49. The summed E-state index contributed by atoms with van der Waals surface area (Å²) in [7, 11) is 0. The van der Waals surface area contributed by atoms with E-state index in [4.69, 9.17) is 0 Å². The van der Waals surface area contributed by atoms with Gasteiger partial charge in [0.2, 0.25) is 0 Å². The first-order valence-electron chi connectivity index (χ1n) is 11.8. The fraction of sp³-hybridized carbons (Fsp3) is 0.370. The molecule has 2 aromatic carbocycles. The fourth-order valence-electron chi connectivity index (χ4n) is 4.89. The van der Waals surface area contributed by atoms with Crippen LogP contribution in [0.5, 0.6) is 0 Å². The third kappa shape index (κ3) is 3.84. The molecule has 0 saturated heterocycles. The van der Waals surface area contributed by atoms with Crippen LogP contribution in [0.3, 0.4) is 0 Å². The zero-order valence-corrected chi connectivity index (χ0v) is 19.5. The van der Waals surface area contributed by atoms with Crippen LogP contribution >= 0.6 is 0 Å². The molecule has 1 fully saturated rings. The molecule has 0 spiro atoms. The Kier molecular flexibility index (Phi) is 5.52. The van der Waals surface area contributed by atoms with Crippen molar-refractivity contribution in [3.8, 4) is 5.69 Å². The maximum atomic E-state index is 13.7. The van der Waals surface area contributed by atoms with Gasteiger partial charge >= 0.3 is 5.69 Å². The molecule has 6 heteroatoms. The molecule has 1 saturated carbocycles. The van der Waals surface area contributed by atoms with Crippen LogP contribution < -0.4 is 11.2 Å². The molecule has 6 nitrogen and oxygen atoms in total. The lowest BCUT2D eigenvalue weighted by Crippen LogP contribution is -2.41. The molecule has 1 aliphatic carbocycles. The summed E-state index contributed by atoms with van der Waals surface area (Å²) in [5.41, 5.74) is 4.60. The number of hydrogen-bond donors (Lipinski definition) is 0. The Labute approximate surface area is 193 Å². The number of aryl methyl sites for hydroxylation is 1. The molecule has 4 aromatic rings. The van der Waals surface area contributed by atoms with E-state index in [2.05, 4.69) is 50.0 Å². The third-order valence-corrected chi connectivity index (χ3v) is 6.83. The normalized spacial score (nSPS) is 14.5. The standard InChI is InChI=1S/C27H30N4O2/c1-18(2)21-12-14-23(15-13-21)30-25-24(26(32)31(27(30)33)22-6-4-5-7-22)29(17-28-25)16-20-10-8-19(3)9-11-20/h8-15,17-18,22H,4-7,16H2,1-3H3. The van der Waals surface area contributed by atoms with Gasteiger partial charge in [0.25, 0.3) is 5.56 Å². The summed E-state index contributed by atoms with van der Waals surface area (Å²) in [6.45, 7) is 6.87. The number of rotatable bonds is 5. The number of hydrogen-bond acceptors (Lipinski definition) is 3. The Hall–Kier alpha value is -3.41. The van der Waals surface area contributed by atoms with Crippen molar-refractivity contribution in [1.82, 2.24) is 18.7 Å². The van der Waals surface area contributed by atoms with Crippen molar-refractivity contribution >= 4 is 11.2 Å². The van der Waals surface area contributed by atoms with Crippen LogP contribution in [0.4, 0.5) is 0 Å². The molecule has 0 atom stereocenters. The molecule has 2 heterocycles. The monoisotopic (exact) mass is 442 g/mol. The molecule has 170 valence electrons. The molecule has 5 rings (SSSR count). The second kappa shape index (κ2) is 8.50. The van der Waals surface area contributed by atoms with Gasteiger partial charge < -0.3 is 4.57 Å². The van der Waals surface area contributed by atoms with Crippen molar-refractivity contribution < 1.29 is 0 Å². The van der Waals surface area contributed by atoms with Crippen LogP contribution in [0.25, 0.3) is 16.9 Å². The SMILES string of the molecule is Cc1ccc(Cn2cnc3c2c(=O)n(C2CCCC2)c(=O)n3-c2ccc(C(C)C)cc2)cc1. The van der Waals surface area contributed by atoms with Crippen LogP contribution in [0.1, 0.15) is 68.2 Å². The van der Waals surface area contributed by atoms with Crippen molar-refractivity contribution in [2.75, 3.05) is 0 Å². The second-order valence-corrected chi connectivity index (χ2v) is 9.51. The maximum absolute atomic E-state index is 13.7. The first-order chi connectivity index (χ1) is 15.9. The first kappa shape index (κ1) is 21.4. The van der Waals surface area contributed by atoms with Gasteiger partial charge in [0, 0.05) is 12.6 Å². The predicted octanol–water partition coefficient (Wildman–Crippen LogP) is 4.94. The van der Waals surface area contributed by atoms with Crippen molar-refractivity contribution in [3.05, 3.63) is 92.4 Å². The largest absolute Gasteiger partial charge is 0.337 e. The van der Waals surface area contributed by atoms with Crippen LogP contribution in [-0.4, -0.2) is 18.7 Å². The summed E-state index contributed by atoms with van der Waals surface area (Å²) in [4.78, 5) is 31.9. The minimum Gasteiger partial charge on any atom is -0.320 e. The highest BCUT2D eigenvalue weighted by atomic mass is 16.2. The number of fused-ring (bicyclic) bond motifs is 1. The molecule has 0 aliphatic heterocycles. The zero-order chi connectivity index (χ0) is 23.1. The Morgan fingerprint density at radius 2 is 1.64 bits per heavy atom. The van der Waals surface area contributed by atoms with Crippen molar-refractivity contribution in [1.29, 1.82) is 0 Å². The Balaban J connectivity index is 1.73. The van der Waals surface area contributed by atoms with E-state index in [-0.39, 0.29) is 17.3 Å².